The van der Waals surface area contributed by atoms with Gasteiger partial charge >= 0.3 is 5.97 Å². The summed E-state index contributed by atoms with van der Waals surface area (Å²) in [5.74, 6) is -0.0331. The predicted octanol–water partition coefficient (Wildman–Crippen LogP) is 3.27. The summed E-state index contributed by atoms with van der Waals surface area (Å²) >= 11 is 0. The highest BCUT2D eigenvalue weighted by Gasteiger charge is 2.16. The van der Waals surface area contributed by atoms with Crippen LogP contribution in [-0.2, 0) is 16.1 Å². The van der Waals surface area contributed by atoms with Gasteiger partial charge in [-0.2, -0.15) is 5.26 Å². The Bertz CT molecular complexity index is 757. The maximum Gasteiger partial charge on any atom is 0.347 e. The molecule has 5 nitrogen and oxygen atoms in total. The number of Topliss-reactive ketones (excluding diaryl/α,β-unsaturated/α-hetero) is 1. The average molecular weight is 323 g/mol. The van der Waals surface area contributed by atoms with Crippen LogP contribution < -0.4 is 4.74 Å². The van der Waals surface area contributed by atoms with Crippen LogP contribution in [0.4, 0.5) is 0 Å². The smallest absolute Gasteiger partial charge is 0.347 e. The van der Waals surface area contributed by atoms with Crippen molar-refractivity contribution >= 4 is 11.8 Å². The van der Waals surface area contributed by atoms with Crippen LogP contribution >= 0.6 is 0 Å². The van der Waals surface area contributed by atoms with Gasteiger partial charge in [0.25, 0.3) is 0 Å². The molecule has 122 valence electrons. The number of ether oxygens (including phenoxy) is 2. The quantitative estimate of drug-likeness (QED) is 0.602. The fraction of sp³-hybridized carbons (Fsp3) is 0.211. The molecule has 1 unspecified atom stereocenters. The van der Waals surface area contributed by atoms with E-state index in [1.807, 2.05) is 6.07 Å². The van der Waals surface area contributed by atoms with E-state index in [2.05, 4.69) is 0 Å². The third-order valence-corrected chi connectivity index (χ3v) is 3.37. The number of esters is 1. The Hall–Kier alpha value is -3.13. The lowest BCUT2D eigenvalue weighted by molar-refractivity contribution is -0.152. The van der Waals surface area contributed by atoms with E-state index in [1.54, 1.807) is 55.5 Å². The fourth-order valence-electron chi connectivity index (χ4n) is 1.97. The van der Waals surface area contributed by atoms with Gasteiger partial charge in [-0.15, -0.1) is 0 Å². The predicted molar refractivity (Wildman–Crippen MR) is 87.5 cm³/mol. The molecule has 0 saturated carbocycles. The van der Waals surface area contributed by atoms with E-state index in [4.69, 9.17) is 14.7 Å². The summed E-state index contributed by atoms with van der Waals surface area (Å²) < 4.78 is 10.7. The molecule has 0 heterocycles. The molecule has 1 atom stereocenters. The van der Waals surface area contributed by atoms with Crippen molar-refractivity contribution in [3.8, 4) is 11.8 Å². The highest BCUT2D eigenvalue weighted by Crippen LogP contribution is 2.15. The summed E-state index contributed by atoms with van der Waals surface area (Å²) in [5.41, 5.74) is 1.93. The lowest BCUT2D eigenvalue weighted by Crippen LogP contribution is -2.26. The van der Waals surface area contributed by atoms with E-state index in [-0.39, 0.29) is 12.4 Å². The number of nitrogens with zero attached hydrogens (tertiary/aromatic N) is 1. The second kappa shape index (κ2) is 7.93. The van der Waals surface area contributed by atoms with Crippen molar-refractivity contribution < 1.29 is 19.1 Å². The van der Waals surface area contributed by atoms with Crippen molar-refractivity contribution in [1.29, 1.82) is 5.26 Å². The van der Waals surface area contributed by atoms with Gasteiger partial charge in [0, 0.05) is 5.56 Å². The molecule has 0 aliphatic carbocycles. The van der Waals surface area contributed by atoms with E-state index >= 15 is 0 Å². The SMILES string of the molecule is CC(=O)c1ccc(OC(C)C(=O)OCc2ccc(C#N)cc2)cc1. The Morgan fingerprint density at radius 1 is 1.08 bits per heavy atom. The summed E-state index contributed by atoms with van der Waals surface area (Å²) in [6.07, 6.45) is -0.772. The summed E-state index contributed by atoms with van der Waals surface area (Å²) in [4.78, 5) is 23.2. The molecule has 0 saturated heterocycles. The van der Waals surface area contributed by atoms with Gasteiger partial charge in [-0.3, -0.25) is 4.79 Å². The molecule has 0 aliphatic heterocycles. The number of benzene rings is 2. The summed E-state index contributed by atoms with van der Waals surface area (Å²) in [6, 6.07) is 15.4. The summed E-state index contributed by atoms with van der Waals surface area (Å²) in [5, 5.41) is 8.74. The topological polar surface area (TPSA) is 76.4 Å². The first kappa shape index (κ1) is 17.2. The maximum absolute atomic E-state index is 12.0. The van der Waals surface area contributed by atoms with Gasteiger partial charge in [0.2, 0.25) is 0 Å². The zero-order chi connectivity index (χ0) is 17.5. The van der Waals surface area contributed by atoms with Crippen molar-refractivity contribution in [2.24, 2.45) is 0 Å². The van der Waals surface area contributed by atoms with Crippen molar-refractivity contribution in [1.82, 2.24) is 0 Å². The summed E-state index contributed by atoms with van der Waals surface area (Å²) in [7, 11) is 0. The van der Waals surface area contributed by atoms with Crippen LogP contribution in [-0.4, -0.2) is 17.9 Å². The Labute approximate surface area is 140 Å². The Morgan fingerprint density at radius 2 is 1.71 bits per heavy atom. The van der Waals surface area contributed by atoms with Crippen molar-refractivity contribution in [3.63, 3.8) is 0 Å². The van der Waals surface area contributed by atoms with Crippen LogP contribution in [0.2, 0.25) is 0 Å². The number of rotatable bonds is 6. The van der Waals surface area contributed by atoms with Gasteiger partial charge < -0.3 is 9.47 Å². The first-order valence-corrected chi connectivity index (χ1v) is 7.43. The van der Waals surface area contributed by atoms with E-state index in [0.29, 0.717) is 16.9 Å². The molecule has 0 radical (unpaired) electrons. The lowest BCUT2D eigenvalue weighted by Gasteiger charge is -2.14. The van der Waals surface area contributed by atoms with Crippen molar-refractivity contribution in [3.05, 3.63) is 65.2 Å². The van der Waals surface area contributed by atoms with Crippen LogP contribution in [0, 0.1) is 11.3 Å². The van der Waals surface area contributed by atoms with E-state index < -0.39 is 12.1 Å². The molecule has 2 rings (SSSR count). The number of carbonyl (C=O) groups excluding carboxylic acids is 2. The molecule has 0 bridgehead atoms. The zero-order valence-corrected chi connectivity index (χ0v) is 13.5. The van der Waals surface area contributed by atoms with Gasteiger partial charge in [-0.25, -0.2) is 4.79 Å². The molecular weight excluding hydrogens is 306 g/mol. The maximum atomic E-state index is 12.0. The Morgan fingerprint density at radius 3 is 2.25 bits per heavy atom. The first-order chi connectivity index (χ1) is 11.5. The number of hydrogen-bond donors (Lipinski definition) is 0. The van der Waals surface area contributed by atoms with Gasteiger partial charge in [-0.1, -0.05) is 12.1 Å². The van der Waals surface area contributed by atoms with Crippen LogP contribution in [0.25, 0.3) is 0 Å². The standard InChI is InChI=1S/C19H17NO4/c1-13(21)17-7-9-18(10-8-17)24-14(2)19(22)23-12-16-5-3-15(11-20)4-6-16/h3-10,14H,12H2,1-2H3. The minimum Gasteiger partial charge on any atom is -0.479 e. The molecule has 0 aliphatic rings. The second-order valence-corrected chi connectivity index (χ2v) is 5.26. The molecule has 2 aromatic carbocycles. The largest absolute Gasteiger partial charge is 0.479 e. The monoisotopic (exact) mass is 323 g/mol. The number of hydrogen-bond acceptors (Lipinski definition) is 5. The first-order valence-electron chi connectivity index (χ1n) is 7.43. The zero-order valence-electron chi connectivity index (χ0n) is 13.5. The van der Waals surface area contributed by atoms with Gasteiger partial charge in [0.1, 0.15) is 12.4 Å². The highest BCUT2D eigenvalue weighted by atomic mass is 16.6. The minimum atomic E-state index is -0.772. The van der Waals surface area contributed by atoms with Crippen molar-refractivity contribution in [2.45, 2.75) is 26.6 Å². The van der Waals surface area contributed by atoms with Gasteiger partial charge in [0.05, 0.1) is 11.6 Å². The molecule has 24 heavy (non-hydrogen) atoms. The highest BCUT2D eigenvalue weighted by molar-refractivity contribution is 5.94. The number of ketones is 1. The summed E-state index contributed by atoms with van der Waals surface area (Å²) in [6.45, 7) is 3.19. The van der Waals surface area contributed by atoms with Crippen molar-refractivity contribution in [2.75, 3.05) is 0 Å². The van der Waals surface area contributed by atoms with Crippen LogP contribution in [0.3, 0.4) is 0 Å². The van der Waals surface area contributed by atoms with E-state index in [0.717, 1.165) is 5.56 Å². The number of carbonyl (C=O) groups is 2. The fourth-order valence-corrected chi connectivity index (χ4v) is 1.97. The number of nitriles is 1. The Kier molecular flexibility index (Phi) is 5.69. The average Bonchev–Trinajstić information content (AvgIpc) is 2.60. The van der Waals surface area contributed by atoms with Crippen LogP contribution in [0.5, 0.6) is 5.75 Å². The third-order valence-electron chi connectivity index (χ3n) is 3.37. The van der Waals surface area contributed by atoms with Crippen LogP contribution in [0.15, 0.2) is 48.5 Å². The minimum absolute atomic E-state index is 0.0311. The molecule has 2 aromatic rings. The molecule has 0 N–H and O–H groups in total. The second-order valence-electron chi connectivity index (χ2n) is 5.26. The molecular formula is C19H17NO4. The normalized spacial score (nSPS) is 11.2. The van der Waals surface area contributed by atoms with E-state index in [1.165, 1.54) is 6.92 Å². The van der Waals surface area contributed by atoms with Crippen LogP contribution in [0.1, 0.15) is 35.3 Å². The van der Waals surface area contributed by atoms with Gasteiger partial charge in [-0.05, 0) is 55.8 Å². The Balaban J connectivity index is 1.87. The van der Waals surface area contributed by atoms with Gasteiger partial charge in [0.15, 0.2) is 11.9 Å². The third kappa shape index (κ3) is 4.68. The molecule has 0 aromatic heterocycles. The van der Waals surface area contributed by atoms with E-state index in [9.17, 15) is 9.59 Å². The molecule has 0 fully saturated rings. The molecule has 0 amide bonds. The molecule has 0 spiro atoms. The lowest BCUT2D eigenvalue weighted by atomic mass is 10.1. The molecule has 5 heteroatoms.